The molecule has 1 fully saturated rings. The Morgan fingerprint density at radius 1 is 1.29 bits per heavy atom. The lowest BCUT2D eigenvalue weighted by atomic mass is 9.73. The van der Waals surface area contributed by atoms with Gasteiger partial charge in [-0.3, -0.25) is 0 Å². The van der Waals surface area contributed by atoms with Gasteiger partial charge in [0.25, 0.3) is 10.2 Å². The Balaban J connectivity index is 2.01. The molecule has 4 N–H and O–H groups in total. The highest BCUT2D eigenvalue weighted by atomic mass is 32.2. The Morgan fingerprint density at radius 3 is 2.41 bits per heavy atom. The average molecular weight is 255 g/mol. The first-order valence-corrected chi connectivity index (χ1v) is 7.10. The van der Waals surface area contributed by atoms with Gasteiger partial charge in [-0.15, -0.1) is 0 Å². The zero-order chi connectivity index (χ0) is 12.4. The van der Waals surface area contributed by atoms with Crippen LogP contribution in [-0.2, 0) is 15.6 Å². The zero-order valence-corrected chi connectivity index (χ0v) is 10.3. The molecule has 1 aromatic rings. The lowest BCUT2D eigenvalue weighted by molar-refractivity contribution is 0.259. The smallest absolute Gasteiger partial charge is 0.274 e. The number of nitrogens with two attached hydrogens (primary N) is 1. The van der Waals surface area contributed by atoms with Crippen LogP contribution in [0.25, 0.3) is 0 Å². The summed E-state index contributed by atoms with van der Waals surface area (Å²) < 4.78 is 24.0. The molecule has 1 aliphatic rings. The second-order valence-corrected chi connectivity index (χ2v) is 5.82. The number of benzene rings is 1. The molecule has 1 aliphatic heterocycles. The van der Waals surface area contributed by atoms with Crippen LogP contribution in [0, 0.1) is 0 Å². The van der Waals surface area contributed by atoms with Crippen LogP contribution < -0.4 is 15.2 Å². The van der Waals surface area contributed by atoms with Gasteiger partial charge < -0.3 is 5.32 Å². The van der Waals surface area contributed by atoms with Gasteiger partial charge >= 0.3 is 0 Å². The second kappa shape index (κ2) is 4.73. The van der Waals surface area contributed by atoms with Crippen LogP contribution >= 0.6 is 0 Å². The summed E-state index contributed by atoms with van der Waals surface area (Å²) in [4.78, 5) is 0. The molecule has 5 nitrogen and oxygen atoms in total. The molecule has 0 unspecified atom stereocenters. The summed E-state index contributed by atoms with van der Waals surface area (Å²) in [6.45, 7) is 2.13. The molecule has 1 aromatic carbocycles. The third kappa shape index (κ3) is 3.04. The maximum Gasteiger partial charge on any atom is 0.274 e. The summed E-state index contributed by atoms with van der Waals surface area (Å²) in [5.41, 5.74) is 1.29. The number of hydrogen-bond donors (Lipinski definition) is 3. The van der Waals surface area contributed by atoms with Crippen LogP contribution in [0.1, 0.15) is 12.0 Å². The van der Waals surface area contributed by atoms with Gasteiger partial charge in [-0.1, -0.05) is 30.3 Å². The Labute approximate surface area is 102 Å². The first-order chi connectivity index (χ1) is 8.02. The lowest BCUT2D eigenvalue weighted by Gasteiger charge is -2.43. The summed E-state index contributed by atoms with van der Waals surface area (Å²) in [7, 11) is -3.58. The van der Waals surface area contributed by atoms with Crippen LogP contribution in [0.2, 0.25) is 0 Å². The van der Waals surface area contributed by atoms with Crippen LogP contribution in [0.15, 0.2) is 30.3 Å². The van der Waals surface area contributed by atoms with Gasteiger partial charge in [0.2, 0.25) is 0 Å². The summed E-state index contributed by atoms with van der Waals surface area (Å²) in [5.74, 6) is 0. The molecule has 6 heteroatoms. The van der Waals surface area contributed by atoms with Gasteiger partial charge in [0, 0.05) is 25.0 Å². The highest BCUT2D eigenvalue weighted by Gasteiger charge is 2.37. The Hall–Kier alpha value is -0.950. The van der Waals surface area contributed by atoms with Crippen molar-refractivity contribution in [2.75, 3.05) is 19.6 Å². The van der Waals surface area contributed by atoms with Crippen molar-refractivity contribution in [3.05, 3.63) is 35.9 Å². The molecule has 0 amide bonds. The maximum absolute atomic E-state index is 10.8. The Kier molecular flexibility index (Phi) is 3.48. The van der Waals surface area contributed by atoms with Gasteiger partial charge in [0.1, 0.15) is 0 Å². The topological polar surface area (TPSA) is 84.2 Å². The van der Waals surface area contributed by atoms with Crippen LogP contribution in [0.4, 0.5) is 0 Å². The third-order valence-electron chi connectivity index (χ3n) is 3.22. The van der Waals surface area contributed by atoms with E-state index >= 15 is 0 Å². The van der Waals surface area contributed by atoms with E-state index in [0.29, 0.717) is 6.54 Å². The fourth-order valence-corrected chi connectivity index (χ4v) is 2.56. The molecule has 0 radical (unpaired) electrons. The molecule has 0 aromatic heterocycles. The van der Waals surface area contributed by atoms with E-state index in [9.17, 15) is 8.42 Å². The minimum absolute atomic E-state index is 0.0406. The van der Waals surface area contributed by atoms with Gasteiger partial charge in [0.15, 0.2) is 0 Å². The third-order valence-corrected chi connectivity index (χ3v) is 3.83. The summed E-state index contributed by atoms with van der Waals surface area (Å²) in [6.07, 6.45) is 0.750. The average Bonchev–Trinajstić information content (AvgIpc) is 2.22. The summed E-state index contributed by atoms with van der Waals surface area (Å²) >= 11 is 0. The van der Waals surface area contributed by atoms with Gasteiger partial charge in [0.05, 0.1) is 0 Å². The standard InChI is InChI=1S/C11H17N3O2S/c12-17(15,16)14-7-6-11(8-13-9-11)10-4-2-1-3-5-10/h1-5,13-14H,6-9H2,(H2,12,15,16). The first-order valence-electron chi connectivity index (χ1n) is 5.56. The molecule has 0 aliphatic carbocycles. The first kappa shape index (κ1) is 12.5. The zero-order valence-electron chi connectivity index (χ0n) is 9.52. The van der Waals surface area contributed by atoms with Crippen molar-refractivity contribution in [3.63, 3.8) is 0 Å². The SMILES string of the molecule is NS(=O)(=O)NCCC1(c2ccccc2)CNC1. The largest absolute Gasteiger partial charge is 0.315 e. The molecule has 0 saturated carbocycles. The van der Waals surface area contributed by atoms with Crippen molar-refractivity contribution in [2.24, 2.45) is 5.14 Å². The van der Waals surface area contributed by atoms with E-state index in [1.807, 2.05) is 18.2 Å². The van der Waals surface area contributed by atoms with E-state index in [0.717, 1.165) is 19.5 Å². The summed E-state index contributed by atoms with van der Waals surface area (Å²) in [5, 5.41) is 8.15. The highest BCUT2D eigenvalue weighted by molar-refractivity contribution is 7.87. The van der Waals surface area contributed by atoms with Crippen LogP contribution in [0.5, 0.6) is 0 Å². The predicted molar refractivity (Wildman–Crippen MR) is 66.7 cm³/mol. The molecular formula is C11H17N3O2S. The summed E-state index contributed by atoms with van der Waals surface area (Å²) in [6, 6.07) is 10.1. The van der Waals surface area contributed by atoms with Crippen molar-refractivity contribution < 1.29 is 8.42 Å². The minimum atomic E-state index is -3.58. The number of hydrogen-bond acceptors (Lipinski definition) is 3. The van der Waals surface area contributed by atoms with Crippen molar-refractivity contribution in [2.45, 2.75) is 11.8 Å². The van der Waals surface area contributed by atoms with Crippen molar-refractivity contribution in [1.29, 1.82) is 0 Å². The van der Waals surface area contributed by atoms with E-state index in [2.05, 4.69) is 22.2 Å². The van der Waals surface area contributed by atoms with Crippen molar-refractivity contribution >= 4 is 10.2 Å². The molecule has 17 heavy (non-hydrogen) atoms. The van der Waals surface area contributed by atoms with E-state index in [4.69, 9.17) is 5.14 Å². The molecule has 0 bridgehead atoms. The lowest BCUT2D eigenvalue weighted by Crippen LogP contribution is -2.58. The molecule has 1 saturated heterocycles. The van der Waals surface area contributed by atoms with Gasteiger partial charge in [-0.25, -0.2) is 9.86 Å². The van der Waals surface area contributed by atoms with E-state index in [-0.39, 0.29) is 5.41 Å². The van der Waals surface area contributed by atoms with E-state index in [1.165, 1.54) is 5.56 Å². The number of nitrogens with one attached hydrogen (secondary N) is 2. The van der Waals surface area contributed by atoms with Crippen molar-refractivity contribution in [3.8, 4) is 0 Å². The predicted octanol–water partition coefficient (Wildman–Crippen LogP) is -0.289. The normalized spacial score (nSPS) is 18.6. The van der Waals surface area contributed by atoms with Crippen LogP contribution in [-0.4, -0.2) is 28.1 Å². The fourth-order valence-electron chi connectivity index (χ4n) is 2.18. The highest BCUT2D eigenvalue weighted by Crippen LogP contribution is 2.31. The molecule has 2 rings (SSSR count). The van der Waals surface area contributed by atoms with Crippen molar-refractivity contribution in [1.82, 2.24) is 10.0 Å². The Morgan fingerprint density at radius 2 is 1.94 bits per heavy atom. The second-order valence-electron chi connectivity index (χ2n) is 4.44. The molecule has 0 spiro atoms. The van der Waals surface area contributed by atoms with Crippen LogP contribution in [0.3, 0.4) is 0 Å². The van der Waals surface area contributed by atoms with E-state index < -0.39 is 10.2 Å². The quantitative estimate of drug-likeness (QED) is 0.676. The number of rotatable bonds is 5. The van der Waals surface area contributed by atoms with E-state index in [1.54, 1.807) is 0 Å². The fraction of sp³-hybridized carbons (Fsp3) is 0.455. The minimum Gasteiger partial charge on any atom is -0.315 e. The van der Waals surface area contributed by atoms with Gasteiger partial charge in [-0.2, -0.15) is 8.42 Å². The van der Waals surface area contributed by atoms with Gasteiger partial charge in [-0.05, 0) is 12.0 Å². The maximum atomic E-state index is 10.8. The molecule has 1 heterocycles. The monoisotopic (exact) mass is 255 g/mol. The molecular weight excluding hydrogens is 238 g/mol. The molecule has 0 atom stereocenters. The molecule has 94 valence electrons. The Bertz CT molecular complexity index is 469.